The molecule has 7 rings (SSSR count). The lowest BCUT2D eigenvalue weighted by Crippen LogP contribution is -2.82. The van der Waals surface area contributed by atoms with Crippen LogP contribution in [0, 0.1) is 63.1 Å². The second-order valence-corrected chi connectivity index (χ2v) is 39.4. The molecule has 1 unspecified atom stereocenters. The SMILES string of the molecule is CC(=O)N[C@@H](CSSCCCC(=O)O[C@@H](C(=O)O[C@H]1C[C@@]2(O)[C@@H](OC(=O)c3ccccc3)[C@@H]3[C@]4(OC(C)=O)CO[C@@H]4C[C@H](O)[C@@]3(C)C(=O)[C@H](OC(C)=O)C(=C1C)C2(C)C)[C@@H](NC(=O)c1ccccc1)c1ccccc1)C(=O)CCC(=O)N[C@H](C(=O)CC(C(=O)N[C@H](C(=O)C[C@@H](CCCNC(=N)N)C(=O)NCC(=O)C[C@@H](CC(=O)O)C(=O)N[C@@H](CCCNC(=N)N)C(=O)O)C(C)C)C(C)C)C(C)C. The van der Waals surface area contributed by atoms with Crippen LogP contribution in [0.4, 0.5) is 0 Å². The zero-order chi connectivity index (χ0) is 102. The van der Waals surface area contributed by atoms with E-state index in [9.17, 15) is 97.1 Å². The van der Waals surface area contributed by atoms with E-state index in [0.717, 1.165) is 24.6 Å². The van der Waals surface area contributed by atoms with E-state index >= 15 is 9.59 Å². The fourth-order valence-corrected chi connectivity index (χ4v) is 20.3. The van der Waals surface area contributed by atoms with Gasteiger partial charge in [-0.3, -0.25) is 82.7 Å². The van der Waals surface area contributed by atoms with Crippen LogP contribution in [0.25, 0.3) is 0 Å². The molecule has 0 aromatic heterocycles. The predicted octanol–water partition coefficient (Wildman–Crippen LogP) is 4.65. The highest BCUT2D eigenvalue weighted by Gasteiger charge is 2.78. The molecule has 18 atom stereocenters. The number of ether oxygens (including phenoxy) is 6. The number of carboxylic acids is 2. The van der Waals surface area contributed by atoms with Crippen molar-refractivity contribution >= 4 is 140 Å². The zero-order valence-corrected chi connectivity index (χ0v) is 80.9. The number of nitrogens with one attached hydrogen (secondary N) is 10. The van der Waals surface area contributed by atoms with E-state index in [2.05, 4.69) is 42.5 Å². The average molecular weight is 1950 g/mol. The van der Waals surface area contributed by atoms with Gasteiger partial charge in [0.15, 0.2) is 52.5 Å². The summed E-state index contributed by atoms with van der Waals surface area (Å²) in [5.74, 6) is -24.2. The molecule has 1 saturated heterocycles. The summed E-state index contributed by atoms with van der Waals surface area (Å²) in [7, 11) is 2.32. The van der Waals surface area contributed by atoms with Gasteiger partial charge >= 0.3 is 41.8 Å². The Bertz CT molecular complexity index is 4950. The fourth-order valence-electron chi connectivity index (χ4n) is 18.0. The van der Waals surface area contributed by atoms with Crippen molar-refractivity contribution < 1.29 is 135 Å². The molecule has 3 aromatic rings. The Balaban J connectivity index is 1.02. The number of aliphatic hydroxyl groups excluding tert-OH is 1. The molecule has 137 heavy (non-hydrogen) atoms. The number of nitrogens with two attached hydrogens (primary N) is 2. The van der Waals surface area contributed by atoms with E-state index in [0.29, 0.717) is 0 Å². The van der Waals surface area contributed by atoms with Gasteiger partial charge in [-0.1, -0.05) is 144 Å². The Morgan fingerprint density at radius 1 is 0.606 bits per heavy atom. The molecule has 0 spiro atoms. The van der Waals surface area contributed by atoms with E-state index in [-0.39, 0.29) is 103 Å². The third-order valence-corrected chi connectivity index (χ3v) is 27.9. The summed E-state index contributed by atoms with van der Waals surface area (Å²) in [6.07, 6.45) is -15.3. The monoisotopic (exact) mass is 1950 g/mol. The third kappa shape index (κ3) is 30.0. The van der Waals surface area contributed by atoms with Crippen molar-refractivity contribution in [1.82, 2.24) is 42.5 Å². The number of aliphatic hydroxyl groups is 2. The first kappa shape index (κ1) is 112. The normalized spacial score (nSPS) is 22.1. The molecular weight excluding hydrogens is 1820 g/mol. The van der Waals surface area contributed by atoms with Crippen LogP contribution in [-0.2, 0) is 105 Å². The maximum atomic E-state index is 16.0. The molecule has 1 aliphatic heterocycles. The van der Waals surface area contributed by atoms with Crippen LogP contribution < -0.4 is 54.0 Å². The quantitative estimate of drug-likeness (QED) is 0.00695. The number of aliphatic carboxylic acids is 2. The molecule has 750 valence electrons. The topological polar surface area (TPSA) is 640 Å². The number of Topliss-reactive ketones (excluding diaryl/α,β-unsaturated/α-hetero) is 5. The minimum Gasteiger partial charge on any atom is -0.481 e. The van der Waals surface area contributed by atoms with Crippen molar-refractivity contribution in [3.05, 3.63) is 119 Å². The van der Waals surface area contributed by atoms with Gasteiger partial charge in [0.2, 0.25) is 35.6 Å². The van der Waals surface area contributed by atoms with Gasteiger partial charge in [0.1, 0.15) is 36.0 Å². The summed E-state index contributed by atoms with van der Waals surface area (Å²) in [6.45, 7) is 18.0. The number of esters is 5. The molecule has 2 saturated carbocycles. The molecule has 42 heteroatoms. The first-order valence-corrected chi connectivity index (χ1v) is 48.0. The number of benzene rings is 3. The first-order chi connectivity index (χ1) is 64.4. The molecule has 3 aromatic carbocycles. The Kier molecular flexibility index (Phi) is 41.6. The molecule has 3 fully saturated rings. The number of hydrogen-bond acceptors (Lipinski definition) is 30. The van der Waals surface area contributed by atoms with Crippen LogP contribution in [-0.4, -0.2) is 248 Å². The molecule has 3 aliphatic carbocycles. The summed E-state index contributed by atoms with van der Waals surface area (Å²) in [6, 6.07) is 16.8. The molecule has 4 aliphatic rings. The number of carboxylic acid groups (broad SMARTS) is 2. The van der Waals surface area contributed by atoms with Crippen LogP contribution >= 0.6 is 21.6 Å². The molecule has 6 amide bonds. The molecule has 18 N–H and O–H groups in total. The summed E-state index contributed by atoms with van der Waals surface area (Å²) in [4.78, 5) is 250. The number of hydrogen-bond donors (Lipinski definition) is 16. The lowest BCUT2D eigenvalue weighted by Gasteiger charge is -2.67. The fraction of sp³-hybridized carbons (Fsp3) is 0.579. The first-order valence-electron chi connectivity index (χ1n) is 45.5. The van der Waals surface area contributed by atoms with Crippen LogP contribution in [0.5, 0.6) is 0 Å². The standard InChI is InChI=1S/C95H130N12O28S2/c1-49(2)62(86(124)106-76(51(5)6)66(113)41-59(32-23-37-100-90(96)97)83(121)102-46-61(111)40-60(42-72(117)118)85(123)104-63(87(125)126)33-24-38-101-91(98)99)43-67(114)75(50(3)4)105-71(116)36-35-65(112)64(103-53(8)108)47-137-136-39-25-34-73(119)133-79(77(56-26-17-14-18-27-56)107-84(122)57-28-19-15-20-29-57)89(128)132-68-45-95(129)82(134-88(127)58-30-21-16-22-31-58)80-93(13,69(115)44-70-94(80,48-130-70)135-55(10)110)81(120)78(131-54(9)109)74(52(68)7)92(95,11)12/h14-22,26-31,49-51,59-60,62-64,68-70,75-80,82,115,129H,23-25,32-48H2,1-13H3,(H,102,121)(H,103,108)(H,104,123)(H,105,116)(H,106,124)(H,107,122)(H,117,118)(H,125,126)(H4,96,97,100)(H4,98,99,101)/t59-,60+,62?,63+,64+,68+,69+,70-,75+,76+,77+,78-,79-,80+,82+,93-,94+,95-/m1/s1. The number of carbonyl (C=O) groups excluding carboxylic acids is 16. The highest BCUT2D eigenvalue weighted by Crippen LogP contribution is 2.65. The van der Waals surface area contributed by atoms with Crippen LogP contribution in [0.2, 0.25) is 0 Å². The van der Waals surface area contributed by atoms with E-state index in [4.69, 9.17) is 50.7 Å². The second kappa shape index (κ2) is 50.9. The van der Waals surface area contributed by atoms with Crippen LogP contribution in [0.15, 0.2) is 102 Å². The van der Waals surface area contributed by atoms with E-state index < -0.39 is 301 Å². The minimum atomic E-state index is -2.58. The highest BCUT2D eigenvalue weighted by molar-refractivity contribution is 8.76. The van der Waals surface area contributed by atoms with Gasteiger partial charge in [0.05, 0.1) is 66.6 Å². The molecule has 40 nitrogen and oxygen atoms in total. The number of fused-ring (bicyclic) bond motifs is 5. The van der Waals surface area contributed by atoms with Crippen molar-refractivity contribution in [1.29, 1.82) is 10.8 Å². The van der Waals surface area contributed by atoms with E-state index in [1.807, 2.05) is 0 Å². The predicted molar refractivity (Wildman–Crippen MR) is 498 cm³/mol. The Labute approximate surface area is 802 Å². The number of guanidine groups is 2. The summed E-state index contributed by atoms with van der Waals surface area (Å²) in [5, 5.41) is 81.5. The zero-order valence-electron chi connectivity index (χ0n) is 79.3. The Hall–Kier alpha value is -12.0. The lowest BCUT2D eigenvalue weighted by atomic mass is 9.44. The average Bonchev–Trinajstić information content (AvgIpc) is 0.666. The Morgan fingerprint density at radius 3 is 1.74 bits per heavy atom. The van der Waals surface area contributed by atoms with Crippen molar-refractivity contribution in [3.63, 3.8) is 0 Å². The van der Waals surface area contributed by atoms with Gasteiger partial charge in [0, 0.05) is 120 Å². The van der Waals surface area contributed by atoms with Crippen molar-refractivity contribution in [2.45, 2.75) is 258 Å². The smallest absolute Gasteiger partial charge is 0.350 e. The summed E-state index contributed by atoms with van der Waals surface area (Å²) in [5.41, 5.74) is 2.45. The van der Waals surface area contributed by atoms with Gasteiger partial charge in [-0.15, -0.1) is 0 Å². The minimum absolute atomic E-state index is 0.0205. The van der Waals surface area contributed by atoms with Gasteiger partial charge in [-0.05, 0) is 105 Å². The van der Waals surface area contributed by atoms with Crippen molar-refractivity contribution in [2.24, 2.45) is 63.7 Å². The van der Waals surface area contributed by atoms with Gasteiger partial charge in [-0.2, -0.15) is 0 Å². The highest BCUT2D eigenvalue weighted by atomic mass is 33.1. The number of rotatable bonds is 53. The summed E-state index contributed by atoms with van der Waals surface area (Å²) < 4.78 is 37.4. The van der Waals surface area contributed by atoms with Crippen LogP contribution in [0.1, 0.15) is 212 Å². The van der Waals surface area contributed by atoms with E-state index in [1.54, 1.807) is 108 Å². The van der Waals surface area contributed by atoms with Crippen LogP contribution in [0.3, 0.4) is 0 Å². The molecular formula is C95H130N12O28S2. The number of amides is 6. The second-order valence-electron chi connectivity index (χ2n) is 36.8. The largest absolute Gasteiger partial charge is 0.481 e. The molecule has 1 heterocycles. The Morgan fingerprint density at radius 2 is 1.19 bits per heavy atom. The van der Waals surface area contributed by atoms with Gasteiger partial charge in [0.25, 0.3) is 5.91 Å². The van der Waals surface area contributed by atoms with Gasteiger partial charge < -0.3 is 103 Å². The van der Waals surface area contributed by atoms with Crippen molar-refractivity contribution in [3.8, 4) is 0 Å². The maximum absolute atomic E-state index is 16.0. The number of ketones is 5. The summed E-state index contributed by atoms with van der Waals surface area (Å²) >= 11 is 0. The maximum Gasteiger partial charge on any atom is 0.350 e. The van der Waals surface area contributed by atoms with E-state index in [1.165, 1.54) is 69.7 Å². The molecule has 0 radical (unpaired) electrons. The van der Waals surface area contributed by atoms with Gasteiger partial charge in [-0.25, -0.2) is 14.4 Å². The molecule has 2 bridgehead atoms. The lowest BCUT2D eigenvalue weighted by molar-refractivity contribution is -0.346. The third-order valence-electron chi connectivity index (χ3n) is 25.4. The number of carbonyl (C=O) groups is 18. The van der Waals surface area contributed by atoms with Crippen molar-refractivity contribution in [2.75, 3.05) is 37.7 Å².